The van der Waals surface area contributed by atoms with Crippen molar-refractivity contribution in [1.29, 1.82) is 0 Å². The van der Waals surface area contributed by atoms with E-state index in [9.17, 15) is 0 Å². The Labute approximate surface area is 118 Å². The van der Waals surface area contributed by atoms with Gasteiger partial charge in [-0.1, -0.05) is 45.2 Å². The first-order chi connectivity index (χ1) is 8.16. The number of pyridine rings is 1. The summed E-state index contributed by atoms with van der Waals surface area (Å²) in [6, 6.07) is 7.49. The van der Waals surface area contributed by atoms with E-state index in [2.05, 4.69) is 26.2 Å². The molecule has 0 bridgehead atoms. The van der Waals surface area contributed by atoms with Gasteiger partial charge in [-0.3, -0.25) is 4.98 Å². The van der Waals surface area contributed by atoms with E-state index in [1.54, 1.807) is 24.5 Å². The summed E-state index contributed by atoms with van der Waals surface area (Å²) < 4.78 is 0.861. The zero-order valence-corrected chi connectivity index (χ0v) is 11.9. The molecule has 0 fully saturated rings. The summed E-state index contributed by atoms with van der Waals surface area (Å²) in [5, 5.41) is 4.38. The standard InChI is InChI=1S/C12H9BrCl2N2/c13-9-4-10(14)12(11(15)5-9)17-7-8-2-1-3-16-6-8/h1-6,17H,7H2. The molecular weight excluding hydrogens is 323 g/mol. The summed E-state index contributed by atoms with van der Waals surface area (Å²) in [5.41, 5.74) is 1.81. The van der Waals surface area contributed by atoms with Gasteiger partial charge in [-0.15, -0.1) is 0 Å². The third-order valence-electron chi connectivity index (χ3n) is 2.20. The molecule has 0 amide bonds. The molecule has 88 valence electrons. The predicted octanol–water partition coefficient (Wildman–Crippen LogP) is 4.76. The molecule has 2 nitrogen and oxygen atoms in total. The van der Waals surface area contributed by atoms with Crippen molar-refractivity contribution >= 4 is 44.8 Å². The van der Waals surface area contributed by atoms with Gasteiger partial charge in [0.2, 0.25) is 0 Å². The molecule has 1 heterocycles. The zero-order valence-electron chi connectivity index (χ0n) is 8.75. The average molecular weight is 332 g/mol. The number of halogens is 3. The average Bonchev–Trinajstić information content (AvgIpc) is 2.29. The molecule has 0 atom stereocenters. The van der Waals surface area contributed by atoms with Crippen molar-refractivity contribution in [3.63, 3.8) is 0 Å². The molecule has 1 N–H and O–H groups in total. The maximum atomic E-state index is 6.11. The van der Waals surface area contributed by atoms with Crippen LogP contribution >= 0.6 is 39.1 Å². The van der Waals surface area contributed by atoms with Crippen LogP contribution in [0.25, 0.3) is 0 Å². The third kappa shape index (κ3) is 3.35. The number of hydrogen-bond acceptors (Lipinski definition) is 2. The second-order valence-electron chi connectivity index (χ2n) is 3.46. The first kappa shape index (κ1) is 12.7. The highest BCUT2D eigenvalue weighted by molar-refractivity contribution is 9.10. The minimum Gasteiger partial charge on any atom is -0.378 e. The van der Waals surface area contributed by atoms with Crippen LogP contribution in [0.1, 0.15) is 5.56 Å². The molecule has 5 heteroatoms. The lowest BCUT2D eigenvalue weighted by Crippen LogP contribution is -2.00. The summed E-state index contributed by atoms with van der Waals surface area (Å²) >= 11 is 15.6. The van der Waals surface area contributed by atoms with Gasteiger partial charge in [-0.2, -0.15) is 0 Å². The summed E-state index contributed by atoms with van der Waals surface area (Å²) in [6.45, 7) is 0.634. The van der Waals surface area contributed by atoms with E-state index >= 15 is 0 Å². The monoisotopic (exact) mass is 330 g/mol. The molecule has 2 rings (SSSR count). The molecule has 0 aliphatic rings. The lowest BCUT2D eigenvalue weighted by Gasteiger charge is -2.10. The molecule has 2 aromatic rings. The number of hydrogen-bond donors (Lipinski definition) is 1. The zero-order chi connectivity index (χ0) is 12.3. The number of benzene rings is 1. The molecule has 0 aliphatic carbocycles. The number of nitrogens with one attached hydrogen (secondary N) is 1. The van der Waals surface area contributed by atoms with Crippen molar-refractivity contribution in [3.8, 4) is 0 Å². The van der Waals surface area contributed by atoms with Crippen LogP contribution in [0.4, 0.5) is 5.69 Å². The van der Waals surface area contributed by atoms with E-state index in [-0.39, 0.29) is 0 Å². The molecule has 0 aliphatic heterocycles. The molecular formula is C12H9BrCl2N2. The quantitative estimate of drug-likeness (QED) is 0.876. The van der Waals surface area contributed by atoms with E-state index in [1.807, 2.05) is 12.1 Å². The van der Waals surface area contributed by atoms with Crippen LogP contribution in [0, 0.1) is 0 Å². The van der Waals surface area contributed by atoms with Gasteiger partial charge in [-0.05, 0) is 23.8 Å². The SMILES string of the molecule is Clc1cc(Br)cc(Cl)c1NCc1cccnc1. The minimum atomic E-state index is 0.591. The van der Waals surface area contributed by atoms with Gasteiger partial charge in [0.15, 0.2) is 0 Å². The van der Waals surface area contributed by atoms with Crippen LogP contribution in [0.15, 0.2) is 41.1 Å². The van der Waals surface area contributed by atoms with Crippen molar-refractivity contribution in [2.24, 2.45) is 0 Å². The normalized spacial score (nSPS) is 10.3. The van der Waals surface area contributed by atoms with Crippen LogP contribution in [0.5, 0.6) is 0 Å². The predicted molar refractivity (Wildman–Crippen MR) is 75.7 cm³/mol. The Bertz CT molecular complexity index is 494. The Kier molecular flexibility index (Phi) is 4.26. The maximum absolute atomic E-state index is 6.11. The molecule has 0 radical (unpaired) electrons. The molecule has 0 saturated carbocycles. The fourth-order valence-corrected chi connectivity index (χ4v) is 2.75. The second-order valence-corrected chi connectivity index (χ2v) is 5.19. The van der Waals surface area contributed by atoms with E-state index in [0.717, 1.165) is 15.7 Å². The van der Waals surface area contributed by atoms with Crippen molar-refractivity contribution < 1.29 is 0 Å². The van der Waals surface area contributed by atoms with Crippen LogP contribution in [-0.2, 0) is 6.54 Å². The van der Waals surface area contributed by atoms with E-state index in [4.69, 9.17) is 23.2 Å². The molecule has 17 heavy (non-hydrogen) atoms. The number of anilines is 1. The van der Waals surface area contributed by atoms with Gasteiger partial charge in [0, 0.05) is 23.4 Å². The molecule has 0 unspecified atom stereocenters. The van der Waals surface area contributed by atoms with E-state index in [0.29, 0.717) is 16.6 Å². The van der Waals surface area contributed by atoms with Gasteiger partial charge >= 0.3 is 0 Å². The Morgan fingerprint density at radius 2 is 1.94 bits per heavy atom. The van der Waals surface area contributed by atoms with Crippen LogP contribution in [0.2, 0.25) is 10.0 Å². The van der Waals surface area contributed by atoms with Gasteiger partial charge in [0.25, 0.3) is 0 Å². The van der Waals surface area contributed by atoms with Gasteiger partial charge in [-0.25, -0.2) is 0 Å². The van der Waals surface area contributed by atoms with Crippen molar-refractivity contribution in [1.82, 2.24) is 4.98 Å². The van der Waals surface area contributed by atoms with E-state index < -0.39 is 0 Å². The fraction of sp³-hybridized carbons (Fsp3) is 0.0833. The van der Waals surface area contributed by atoms with Crippen molar-refractivity contribution in [2.75, 3.05) is 5.32 Å². The minimum absolute atomic E-state index is 0.591. The van der Waals surface area contributed by atoms with Crippen molar-refractivity contribution in [3.05, 3.63) is 56.7 Å². The molecule has 1 aromatic heterocycles. The maximum Gasteiger partial charge on any atom is 0.0722 e. The highest BCUT2D eigenvalue weighted by Gasteiger charge is 2.07. The van der Waals surface area contributed by atoms with E-state index in [1.165, 1.54) is 0 Å². The summed E-state index contributed by atoms with van der Waals surface area (Å²) in [7, 11) is 0. The molecule has 0 saturated heterocycles. The Hall–Kier alpha value is -0.770. The summed E-state index contributed by atoms with van der Waals surface area (Å²) in [5.74, 6) is 0. The lowest BCUT2D eigenvalue weighted by molar-refractivity contribution is 1.11. The highest BCUT2D eigenvalue weighted by Crippen LogP contribution is 2.33. The van der Waals surface area contributed by atoms with Gasteiger partial charge < -0.3 is 5.32 Å². The van der Waals surface area contributed by atoms with Crippen LogP contribution < -0.4 is 5.32 Å². The first-order valence-electron chi connectivity index (χ1n) is 4.94. The Balaban J connectivity index is 2.15. The smallest absolute Gasteiger partial charge is 0.0722 e. The number of nitrogens with zero attached hydrogens (tertiary/aromatic N) is 1. The van der Waals surface area contributed by atoms with Crippen LogP contribution in [0.3, 0.4) is 0 Å². The van der Waals surface area contributed by atoms with Gasteiger partial charge in [0.1, 0.15) is 0 Å². The Morgan fingerprint density at radius 1 is 1.24 bits per heavy atom. The Morgan fingerprint density at radius 3 is 2.53 bits per heavy atom. The van der Waals surface area contributed by atoms with Crippen molar-refractivity contribution in [2.45, 2.75) is 6.54 Å². The van der Waals surface area contributed by atoms with Gasteiger partial charge in [0.05, 0.1) is 15.7 Å². The van der Waals surface area contributed by atoms with Crippen LogP contribution in [-0.4, -0.2) is 4.98 Å². The highest BCUT2D eigenvalue weighted by atomic mass is 79.9. The summed E-state index contributed by atoms with van der Waals surface area (Å²) in [6.07, 6.45) is 3.54. The third-order valence-corrected chi connectivity index (χ3v) is 3.25. The largest absolute Gasteiger partial charge is 0.378 e. The fourth-order valence-electron chi connectivity index (χ4n) is 1.40. The number of aromatic nitrogens is 1. The summed E-state index contributed by atoms with van der Waals surface area (Å²) in [4.78, 5) is 4.04. The number of rotatable bonds is 3. The molecule has 1 aromatic carbocycles. The molecule has 0 spiro atoms. The topological polar surface area (TPSA) is 24.9 Å². The second kappa shape index (κ2) is 5.71. The lowest BCUT2D eigenvalue weighted by atomic mass is 10.2. The first-order valence-corrected chi connectivity index (χ1v) is 6.49.